The Bertz CT molecular complexity index is 480. The molecule has 0 spiro atoms. The number of hydrogen-bond donors (Lipinski definition) is 2. The van der Waals surface area contributed by atoms with Gasteiger partial charge in [-0.1, -0.05) is 18.7 Å². The summed E-state index contributed by atoms with van der Waals surface area (Å²) in [5, 5.41) is 10.9. The van der Waals surface area contributed by atoms with E-state index in [2.05, 4.69) is 11.9 Å². The molecule has 0 heterocycles. The molecule has 0 aromatic heterocycles. The van der Waals surface area contributed by atoms with Crippen LogP contribution in [0.1, 0.15) is 0 Å². The number of anilines is 1. The fourth-order valence-electron chi connectivity index (χ4n) is 1.15. The summed E-state index contributed by atoms with van der Waals surface area (Å²) in [5.74, 6) is -1.10. The van der Waals surface area contributed by atoms with Crippen molar-refractivity contribution in [3.05, 3.63) is 49.1 Å². The largest absolute Gasteiger partial charge is 0.489 e. The number of carbonyl (C=O) groups excluding carboxylic acids is 1. The second-order valence-electron chi connectivity index (χ2n) is 3.29. The van der Waals surface area contributed by atoms with Crippen LogP contribution >= 0.6 is 0 Å². The van der Waals surface area contributed by atoms with Crippen LogP contribution in [-0.4, -0.2) is 23.6 Å². The minimum Gasteiger partial charge on any atom is -0.489 e. The predicted molar refractivity (Wildman–Crippen MR) is 67.5 cm³/mol. The maximum atomic E-state index is 11.3. The average molecular weight is 247 g/mol. The van der Waals surface area contributed by atoms with Gasteiger partial charge in [0.2, 0.25) is 5.91 Å². The summed E-state index contributed by atoms with van der Waals surface area (Å²) >= 11 is 0. The first kappa shape index (κ1) is 13.5. The average Bonchev–Trinajstić information content (AvgIpc) is 2.34. The fraction of sp³-hybridized carbons (Fsp3) is 0.0769. The highest BCUT2D eigenvalue weighted by atomic mass is 16.5. The predicted octanol–water partition coefficient (Wildman–Crippen LogP) is 1.83. The van der Waals surface area contributed by atoms with Crippen LogP contribution in [-0.2, 0) is 9.59 Å². The van der Waals surface area contributed by atoms with Crippen molar-refractivity contribution in [3.8, 4) is 5.75 Å². The van der Waals surface area contributed by atoms with Gasteiger partial charge in [-0.05, 0) is 12.1 Å². The molecule has 1 rings (SSSR count). The number of carboxylic acid groups (broad SMARTS) is 1. The molecule has 94 valence electrons. The number of rotatable bonds is 6. The summed E-state index contributed by atoms with van der Waals surface area (Å²) in [6, 6.07) is 6.77. The molecule has 0 aliphatic rings. The highest BCUT2D eigenvalue weighted by molar-refractivity contribution is 6.02. The first-order chi connectivity index (χ1) is 8.61. The molecule has 1 amide bonds. The molecule has 0 saturated carbocycles. The van der Waals surface area contributed by atoms with Crippen LogP contribution in [0.3, 0.4) is 0 Å². The van der Waals surface area contributed by atoms with Gasteiger partial charge in [0.25, 0.3) is 0 Å². The molecule has 1 aromatic carbocycles. The number of amides is 1. The Labute approximate surface area is 104 Å². The summed E-state index contributed by atoms with van der Waals surface area (Å²) in [5.41, 5.74) is 0.525. The third-order valence-electron chi connectivity index (χ3n) is 1.85. The number of benzene rings is 1. The Morgan fingerprint density at radius 2 is 2.17 bits per heavy atom. The Kier molecular flexibility index (Phi) is 5.18. The Morgan fingerprint density at radius 3 is 2.83 bits per heavy atom. The molecule has 0 unspecified atom stereocenters. The van der Waals surface area contributed by atoms with Crippen molar-refractivity contribution in [2.24, 2.45) is 0 Å². The topological polar surface area (TPSA) is 75.6 Å². The monoisotopic (exact) mass is 247 g/mol. The first-order valence-corrected chi connectivity index (χ1v) is 5.17. The number of nitrogens with one attached hydrogen (secondary N) is 1. The lowest BCUT2D eigenvalue weighted by atomic mass is 10.3. The van der Waals surface area contributed by atoms with Crippen LogP contribution in [0, 0.1) is 0 Å². The summed E-state index contributed by atoms with van der Waals surface area (Å²) < 4.78 is 5.29. The van der Waals surface area contributed by atoms with Crippen LogP contribution < -0.4 is 10.1 Å². The number of carbonyl (C=O) groups is 2. The Morgan fingerprint density at radius 1 is 1.39 bits per heavy atom. The fourth-order valence-corrected chi connectivity index (χ4v) is 1.15. The van der Waals surface area contributed by atoms with E-state index < -0.39 is 11.9 Å². The summed E-state index contributed by atoms with van der Waals surface area (Å²) in [6.45, 7) is 3.90. The molecule has 0 bridgehead atoms. The minimum absolute atomic E-state index is 0.371. The molecule has 2 N–H and O–H groups in total. The molecule has 0 atom stereocenters. The molecule has 0 radical (unpaired) electrons. The van der Waals surface area contributed by atoms with Gasteiger partial charge >= 0.3 is 5.97 Å². The van der Waals surface area contributed by atoms with E-state index in [1.54, 1.807) is 30.3 Å². The van der Waals surface area contributed by atoms with Crippen LogP contribution in [0.5, 0.6) is 5.75 Å². The molecule has 1 aromatic rings. The molecular weight excluding hydrogens is 234 g/mol. The number of carboxylic acids is 1. The van der Waals surface area contributed by atoms with Crippen molar-refractivity contribution < 1.29 is 19.4 Å². The smallest absolute Gasteiger partial charge is 0.328 e. The molecular formula is C13H13NO4. The maximum Gasteiger partial charge on any atom is 0.328 e. The second kappa shape index (κ2) is 6.90. The van der Waals surface area contributed by atoms with Gasteiger partial charge in [-0.3, -0.25) is 4.79 Å². The van der Waals surface area contributed by atoms with Gasteiger partial charge in [0.15, 0.2) is 0 Å². The minimum atomic E-state index is -1.17. The third-order valence-corrected chi connectivity index (χ3v) is 1.85. The quantitative estimate of drug-likeness (QED) is 0.594. The summed E-state index contributed by atoms with van der Waals surface area (Å²) in [4.78, 5) is 21.6. The van der Waals surface area contributed by atoms with E-state index in [4.69, 9.17) is 9.84 Å². The lowest BCUT2D eigenvalue weighted by Gasteiger charge is -2.06. The highest BCUT2D eigenvalue weighted by Gasteiger charge is 2.00. The van der Waals surface area contributed by atoms with E-state index >= 15 is 0 Å². The van der Waals surface area contributed by atoms with E-state index in [0.717, 1.165) is 12.2 Å². The molecule has 18 heavy (non-hydrogen) atoms. The van der Waals surface area contributed by atoms with E-state index in [0.29, 0.717) is 18.0 Å². The van der Waals surface area contributed by atoms with Crippen molar-refractivity contribution >= 4 is 17.6 Å². The number of ether oxygens (including phenoxy) is 1. The standard InChI is InChI=1S/C13H13NO4/c1-2-8-18-11-5-3-4-10(9-11)14-12(15)6-7-13(16)17/h2-7,9H,1,8H2,(H,14,15)(H,16,17)/b7-6+. The van der Waals surface area contributed by atoms with Crippen molar-refractivity contribution in [3.63, 3.8) is 0 Å². The van der Waals surface area contributed by atoms with Crippen molar-refractivity contribution in [2.45, 2.75) is 0 Å². The number of hydrogen-bond acceptors (Lipinski definition) is 3. The lowest BCUT2D eigenvalue weighted by Crippen LogP contribution is -2.08. The molecule has 5 heteroatoms. The van der Waals surface area contributed by atoms with E-state index in [9.17, 15) is 9.59 Å². The van der Waals surface area contributed by atoms with Gasteiger partial charge < -0.3 is 15.2 Å². The van der Waals surface area contributed by atoms with Gasteiger partial charge in [-0.25, -0.2) is 4.79 Å². The first-order valence-electron chi connectivity index (χ1n) is 5.17. The van der Waals surface area contributed by atoms with Gasteiger partial charge in [0.05, 0.1) is 0 Å². The molecule has 0 aliphatic heterocycles. The van der Waals surface area contributed by atoms with Crippen LogP contribution in [0.15, 0.2) is 49.1 Å². The normalized spacial score (nSPS) is 10.0. The lowest BCUT2D eigenvalue weighted by molar-refractivity contribution is -0.131. The highest BCUT2D eigenvalue weighted by Crippen LogP contribution is 2.17. The van der Waals surface area contributed by atoms with Gasteiger partial charge in [-0.15, -0.1) is 0 Å². The molecule has 0 saturated heterocycles. The van der Waals surface area contributed by atoms with Gasteiger partial charge in [0, 0.05) is 23.9 Å². The van der Waals surface area contributed by atoms with Crippen molar-refractivity contribution in [2.75, 3.05) is 11.9 Å². The maximum absolute atomic E-state index is 11.3. The molecule has 5 nitrogen and oxygen atoms in total. The zero-order chi connectivity index (χ0) is 13.4. The second-order valence-corrected chi connectivity index (χ2v) is 3.29. The zero-order valence-corrected chi connectivity index (χ0v) is 9.63. The summed E-state index contributed by atoms with van der Waals surface area (Å²) in [6.07, 6.45) is 3.33. The molecule has 0 aliphatic carbocycles. The SMILES string of the molecule is C=CCOc1cccc(NC(=O)/C=C/C(=O)O)c1. The van der Waals surface area contributed by atoms with Crippen LogP contribution in [0.4, 0.5) is 5.69 Å². The van der Waals surface area contributed by atoms with Crippen LogP contribution in [0.2, 0.25) is 0 Å². The molecule has 0 fully saturated rings. The zero-order valence-electron chi connectivity index (χ0n) is 9.63. The van der Waals surface area contributed by atoms with Crippen molar-refractivity contribution in [1.82, 2.24) is 0 Å². The third kappa shape index (κ3) is 4.98. The number of aliphatic carboxylic acids is 1. The van der Waals surface area contributed by atoms with E-state index in [-0.39, 0.29) is 0 Å². The van der Waals surface area contributed by atoms with Crippen molar-refractivity contribution in [1.29, 1.82) is 0 Å². The van der Waals surface area contributed by atoms with E-state index in [1.165, 1.54) is 0 Å². The Hall–Kier alpha value is -2.56. The van der Waals surface area contributed by atoms with Gasteiger partial charge in [-0.2, -0.15) is 0 Å². The van der Waals surface area contributed by atoms with E-state index in [1.807, 2.05) is 0 Å². The Balaban J connectivity index is 2.64. The van der Waals surface area contributed by atoms with Crippen LogP contribution in [0.25, 0.3) is 0 Å². The summed E-state index contributed by atoms with van der Waals surface area (Å²) in [7, 11) is 0. The van der Waals surface area contributed by atoms with Gasteiger partial charge in [0.1, 0.15) is 12.4 Å².